The van der Waals surface area contributed by atoms with Crippen LogP contribution in [0.2, 0.25) is 0 Å². The number of pyridine rings is 2. The van der Waals surface area contributed by atoms with Crippen molar-refractivity contribution in [2.75, 3.05) is 13.2 Å². The first-order chi connectivity index (χ1) is 13.0. The van der Waals surface area contributed by atoms with Gasteiger partial charge in [-0.3, -0.25) is 0 Å². The third-order valence-electron chi connectivity index (χ3n) is 3.64. The summed E-state index contributed by atoms with van der Waals surface area (Å²) in [6.45, 7) is 0.214. The van der Waals surface area contributed by atoms with Gasteiger partial charge in [-0.1, -0.05) is 5.16 Å². The molecule has 1 amide bonds. The first-order valence-electron chi connectivity index (χ1n) is 7.89. The lowest BCUT2D eigenvalue weighted by Crippen LogP contribution is -2.28. The van der Waals surface area contributed by atoms with Gasteiger partial charge < -0.3 is 20.0 Å². The van der Waals surface area contributed by atoms with Crippen LogP contribution in [0.1, 0.15) is 12.1 Å². The van der Waals surface area contributed by atoms with Crippen molar-refractivity contribution in [1.29, 1.82) is 5.26 Å². The van der Waals surface area contributed by atoms with E-state index in [-0.39, 0.29) is 24.9 Å². The van der Waals surface area contributed by atoms with E-state index in [9.17, 15) is 9.18 Å². The Morgan fingerprint density at radius 1 is 1.44 bits per heavy atom. The van der Waals surface area contributed by atoms with Crippen molar-refractivity contribution in [1.82, 2.24) is 15.3 Å². The lowest BCUT2D eigenvalue weighted by atomic mass is 10.1. The Bertz CT molecular complexity index is 911. The molecule has 0 radical (unpaired) electrons. The number of carboxylic acid groups (broad SMARTS) is 1. The van der Waals surface area contributed by atoms with E-state index in [1.54, 1.807) is 6.07 Å². The number of oxime groups is 1. The van der Waals surface area contributed by atoms with Crippen LogP contribution in [0, 0.1) is 17.3 Å². The summed E-state index contributed by atoms with van der Waals surface area (Å²) in [7, 11) is 0. The van der Waals surface area contributed by atoms with Gasteiger partial charge >= 0.3 is 6.09 Å². The molecule has 2 aromatic rings. The van der Waals surface area contributed by atoms with Gasteiger partial charge in [0, 0.05) is 18.2 Å². The van der Waals surface area contributed by atoms with Crippen LogP contribution in [0.5, 0.6) is 5.75 Å². The summed E-state index contributed by atoms with van der Waals surface area (Å²) in [6.07, 6.45) is 0.192. The fourth-order valence-electron chi connectivity index (χ4n) is 2.39. The first-order valence-corrected chi connectivity index (χ1v) is 7.89. The Morgan fingerprint density at radius 2 is 2.30 bits per heavy atom. The average Bonchev–Trinajstić information content (AvgIpc) is 3.13. The molecule has 1 atom stereocenters. The molecule has 9 nitrogen and oxygen atoms in total. The topological polar surface area (TPSA) is 130 Å². The van der Waals surface area contributed by atoms with Gasteiger partial charge in [-0.2, -0.15) is 9.65 Å². The summed E-state index contributed by atoms with van der Waals surface area (Å²) in [4.78, 5) is 23.5. The molecule has 10 heteroatoms. The van der Waals surface area contributed by atoms with Crippen molar-refractivity contribution in [2.24, 2.45) is 5.16 Å². The quantitative estimate of drug-likeness (QED) is 0.742. The number of nitrogens with zero attached hydrogens (tertiary/aromatic N) is 4. The minimum absolute atomic E-state index is 0.0801. The molecular weight excluding hydrogens is 357 g/mol. The number of amides is 1. The standard InChI is InChI=1S/C17H14FN5O4/c18-15-4-1-10(7-20-15)16-14(3-2-11(6-19)22-16)26-9-13-5-12(23-27-13)8-21-17(24)25/h1-4,7,13,21H,5,8-9H2,(H,24,25). The maximum atomic E-state index is 13.1. The molecule has 138 valence electrons. The first kappa shape index (κ1) is 18.1. The molecule has 1 aliphatic heterocycles. The van der Waals surface area contributed by atoms with Crippen LogP contribution in [0.4, 0.5) is 9.18 Å². The number of nitriles is 1. The molecule has 0 saturated heterocycles. The minimum atomic E-state index is -1.14. The molecule has 0 spiro atoms. The van der Waals surface area contributed by atoms with Crippen LogP contribution >= 0.6 is 0 Å². The summed E-state index contributed by atoms with van der Waals surface area (Å²) in [6, 6.07) is 7.72. The van der Waals surface area contributed by atoms with E-state index in [2.05, 4.69) is 20.4 Å². The van der Waals surface area contributed by atoms with Crippen LogP contribution in [0.15, 0.2) is 35.6 Å². The van der Waals surface area contributed by atoms with Crippen molar-refractivity contribution in [3.8, 4) is 23.1 Å². The molecule has 0 aromatic carbocycles. The maximum absolute atomic E-state index is 13.1. The van der Waals surface area contributed by atoms with E-state index >= 15 is 0 Å². The van der Waals surface area contributed by atoms with Crippen LogP contribution < -0.4 is 10.1 Å². The fourth-order valence-corrected chi connectivity index (χ4v) is 2.39. The lowest BCUT2D eigenvalue weighted by Gasteiger charge is -2.13. The molecular formula is C17H14FN5O4. The van der Waals surface area contributed by atoms with Gasteiger partial charge in [0.05, 0.1) is 12.3 Å². The van der Waals surface area contributed by atoms with Gasteiger partial charge in [-0.25, -0.2) is 14.8 Å². The lowest BCUT2D eigenvalue weighted by molar-refractivity contribution is 0.0471. The largest absolute Gasteiger partial charge is 0.487 e. The predicted octanol–water partition coefficient (Wildman–Crippen LogP) is 1.95. The molecule has 2 N–H and O–H groups in total. The van der Waals surface area contributed by atoms with Crippen LogP contribution in [0.3, 0.4) is 0 Å². The van der Waals surface area contributed by atoms with Crippen LogP contribution in [-0.2, 0) is 4.84 Å². The molecule has 0 bridgehead atoms. The number of ether oxygens (including phenoxy) is 1. The fraction of sp³-hybridized carbons (Fsp3) is 0.235. The molecule has 0 aliphatic carbocycles. The van der Waals surface area contributed by atoms with Crippen molar-refractivity contribution in [3.05, 3.63) is 42.1 Å². The zero-order valence-corrected chi connectivity index (χ0v) is 13.9. The van der Waals surface area contributed by atoms with Crippen molar-refractivity contribution in [3.63, 3.8) is 0 Å². The number of carbonyl (C=O) groups is 1. The maximum Gasteiger partial charge on any atom is 0.404 e. The summed E-state index contributed by atoms with van der Waals surface area (Å²) in [5, 5.41) is 23.7. The van der Waals surface area contributed by atoms with E-state index in [1.165, 1.54) is 24.4 Å². The van der Waals surface area contributed by atoms with Crippen LogP contribution in [-0.4, -0.2) is 46.1 Å². The van der Waals surface area contributed by atoms with Gasteiger partial charge in [0.2, 0.25) is 5.95 Å². The van der Waals surface area contributed by atoms with Gasteiger partial charge in [0.15, 0.2) is 6.10 Å². The number of halogens is 1. The van der Waals surface area contributed by atoms with E-state index in [1.807, 2.05) is 6.07 Å². The zero-order valence-electron chi connectivity index (χ0n) is 13.9. The van der Waals surface area contributed by atoms with Gasteiger partial charge in [0.25, 0.3) is 0 Å². The third kappa shape index (κ3) is 4.66. The Kier molecular flexibility index (Phi) is 5.41. The molecule has 1 unspecified atom stereocenters. The van der Waals surface area contributed by atoms with Crippen LogP contribution in [0.25, 0.3) is 11.3 Å². The SMILES string of the molecule is N#Cc1ccc(OCC2CC(CNC(=O)O)=NO2)c(-c2ccc(F)nc2)n1. The highest BCUT2D eigenvalue weighted by atomic mass is 19.1. The van der Waals surface area contributed by atoms with Gasteiger partial charge in [0.1, 0.15) is 29.8 Å². The number of hydrogen-bond donors (Lipinski definition) is 2. The number of hydrogen-bond acceptors (Lipinski definition) is 7. The summed E-state index contributed by atoms with van der Waals surface area (Å²) >= 11 is 0. The highest BCUT2D eigenvalue weighted by Crippen LogP contribution is 2.28. The van der Waals surface area contributed by atoms with E-state index in [4.69, 9.17) is 19.9 Å². The Balaban J connectivity index is 1.68. The minimum Gasteiger partial charge on any atom is -0.487 e. The van der Waals surface area contributed by atoms with Crippen molar-refractivity contribution >= 4 is 11.8 Å². The Morgan fingerprint density at radius 3 is 3.00 bits per heavy atom. The van der Waals surface area contributed by atoms with Gasteiger partial charge in [-0.05, 0) is 24.3 Å². The molecule has 3 heterocycles. The highest BCUT2D eigenvalue weighted by molar-refractivity contribution is 5.89. The van der Waals surface area contributed by atoms with E-state index < -0.39 is 12.0 Å². The second-order valence-corrected chi connectivity index (χ2v) is 5.58. The molecule has 0 fully saturated rings. The molecule has 1 aliphatic rings. The van der Waals surface area contributed by atoms with Crippen molar-refractivity contribution < 1.29 is 23.9 Å². The second kappa shape index (κ2) is 8.09. The molecule has 27 heavy (non-hydrogen) atoms. The Hall–Kier alpha value is -3.74. The molecule has 2 aromatic heterocycles. The number of rotatable bonds is 6. The van der Waals surface area contributed by atoms with Gasteiger partial charge in [-0.15, -0.1) is 0 Å². The molecule has 0 saturated carbocycles. The number of aromatic nitrogens is 2. The summed E-state index contributed by atoms with van der Waals surface area (Å²) in [5.41, 5.74) is 1.60. The average molecular weight is 371 g/mol. The Labute approximate surface area is 153 Å². The summed E-state index contributed by atoms with van der Waals surface area (Å²) < 4.78 is 18.8. The monoisotopic (exact) mass is 371 g/mol. The molecule has 3 rings (SSSR count). The van der Waals surface area contributed by atoms with E-state index in [0.29, 0.717) is 29.1 Å². The third-order valence-corrected chi connectivity index (χ3v) is 3.64. The van der Waals surface area contributed by atoms with E-state index in [0.717, 1.165) is 0 Å². The number of nitrogens with one attached hydrogen (secondary N) is 1. The zero-order chi connectivity index (χ0) is 19.2. The summed E-state index contributed by atoms with van der Waals surface area (Å²) in [5.74, 6) is -0.250. The normalized spacial score (nSPS) is 15.4. The highest BCUT2D eigenvalue weighted by Gasteiger charge is 2.23. The smallest absolute Gasteiger partial charge is 0.404 e. The predicted molar refractivity (Wildman–Crippen MR) is 90.6 cm³/mol. The second-order valence-electron chi connectivity index (χ2n) is 5.58. The van der Waals surface area contributed by atoms with Crippen molar-refractivity contribution in [2.45, 2.75) is 12.5 Å².